The van der Waals surface area contributed by atoms with Gasteiger partial charge in [0.05, 0.1) is 21.8 Å². The lowest BCUT2D eigenvalue weighted by atomic mass is 10.1. The summed E-state index contributed by atoms with van der Waals surface area (Å²) >= 11 is 5.04. The normalized spacial score (nSPS) is 10.7. The second-order valence-corrected chi connectivity index (χ2v) is 7.76. The number of ether oxygens (including phenoxy) is 1. The van der Waals surface area contributed by atoms with Crippen molar-refractivity contribution in [2.45, 2.75) is 0 Å². The summed E-state index contributed by atoms with van der Waals surface area (Å²) in [7, 11) is 1.59. The van der Waals surface area contributed by atoms with Gasteiger partial charge in [-0.2, -0.15) is 0 Å². The molecule has 0 saturated carbocycles. The number of carbonyl (C=O) groups is 1. The molecule has 0 bridgehead atoms. The fourth-order valence-corrected chi connectivity index (χ4v) is 4.24. The molecule has 1 amide bonds. The average molecular weight is 439 g/mol. The molecule has 0 atom stereocenters. The van der Waals surface area contributed by atoms with Crippen LogP contribution < -0.4 is 10.1 Å². The van der Waals surface area contributed by atoms with Crippen LogP contribution in [0.4, 0.5) is 5.69 Å². The number of halogens is 1. The predicted molar refractivity (Wildman–Crippen MR) is 114 cm³/mol. The fourth-order valence-electron chi connectivity index (χ4n) is 2.74. The van der Waals surface area contributed by atoms with Crippen molar-refractivity contribution in [3.63, 3.8) is 0 Å². The van der Waals surface area contributed by atoms with Crippen molar-refractivity contribution in [2.75, 3.05) is 12.4 Å². The van der Waals surface area contributed by atoms with E-state index in [4.69, 9.17) is 4.74 Å². The minimum Gasteiger partial charge on any atom is -0.496 e. The highest BCUT2D eigenvalue weighted by Gasteiger charge is 2.11. The molecule has 0 spiro atoms. The summed E-state index contributed by atoms with van der Waals surface area (Å²) in [6, 6.07) is 21.0. The molecule has 27 heavy (non-hydrogen) atoms. The number of fused-ring (bicyclic) bond motifs is 1. The van der Waals surface area contributed by atoms with Crippen LogP contribution in [0.25, 0.3) is 20.8 Å². The number of nitrogens with one attached hydrogen (secondary N) is 1. The van der Waals surface area contributed by atoms with Crippen molar-refractivity contribution in [3.05, 3.63) is 76.8 Å². The Morgan fingerprint density at radius 2 is 1.93 bits per heavy atom. The van der Waals surface area contributed by atoms with Crippen LogP contribution in [0, 0.1) is 0 Å². The Labute approximate surface area is 169 Å². The van der Waals surface area contributed by atoms with Gasteiger partial charge in [0.25, 0.3) is 5.91 Å². The molecule has 0 radical (unpaired) electrons. The van der Waals surface area contributed by atoms with Crippen LogP contribution in [-0.4, -0.2) is 18.0 Å². The number of hydrogen-bond acceptors (Lipinski definition) is 4. The first-order chi connectivity index (χ1) is 13.1. The van der Waals surface area contributed by atoms with E-state index in [1.807, 2.05) is 42.5 Å². The van der Waals surface area contributed by atoms with Gasteiger partial charge in [-0.3, -0.25) is 4.79 Å². The van der Waals surface area contributed by atoms with Gasteiger partial charge in [-0.05, 0) is 58.4 Å². The van der Waals surface area contributed by atoms with Gasteiger partial charge in [0.15, 0.2) is 0 Å². The van der Waals surface area contributed by atoms with E-state index >= 15 is 0 Å². The molecule has 0 fully saturated rings. The molecule has 4 aromatic rings. The number of carbonyl (C=O) groups excluding carboxylic acids is 1. The Balaban J connectivity index is 1.59. The maximum absolute atomic E-state index is 12.6. The maximum Gasteiger partial charge on any atom is 0.255 e. The van der Waals surface area contributed by atoms with E-state index in [1.165, 1.54) is 0 Å². The van der Waals surface area contributed by atoms with E-state index in [0.717, 1.165) is 30.9 Å². The molecule has 0 saturated heterocycles. The predicted octanol–water partition coefficient (Wildman–Crippen LogP) is 5.99. The first-order valence-electron chi connectivity index (χ1n) is 8.25. The molecule has 0 aliphatic rings. The second kappa shape index (κ2) is 7.50. The SMILES string of the molecule is COc1ccc(C(=O)Nc2cccc(-c3nc4ccccc4s3)c2)cc1Br. The first-order valence-corrected chi connectivity index (χ1v) is 9.86. The summed E-state index contributed by atoms with van der Waals surface area (Å²) in [6.07, 6.45) is 0. The zero-order valence-corrected chi connectivity index (χ0v) is 16.8. The van der Waals surface area contributed by atoms with Crippen LogP contribution in [0.5, 0.6) is 5.75 Å². The third kappa shape index (κ3) is 3.72. The summed E-state index contributed by atoms with van der Waals surface area (Å²) < 4.78 is 7.08. The number of hydrogen-bond donors (Lipinski definition) is 1. The minimum atomic E-state index is -0.181. The van der Waals surface area contributed by atoms with E-state index in [-0.39, 0.29) is 5.91 Å². The summed E-state index contributed by atoms with van der Waals surface area (Å²) in [4.78, 5) is 17.2. The molecule has 1 aromatic heterocycles. The molecule has 3 aromatic carbocycles. The quantitative estimate of drug-likeness (QED) is 0.425. The van der Waals surface area contributed by atoms with Gasteiger partial charge in [0.2, 0.25) is 0 Å². The second-order valence-electron chi connectivity index (χ2n) is 5.87. The van der Waals surface area contributed by atoms with E-state index in [0.29, 0.717) is 11.3 Å². The van der Waals surface area contributed by atoms with Gasteiger partial charge in [0, 0.05) is 16.8 Å². The number of methoxy groups -OCH3 is 1. The number of rotatable bonds is 4. The van der Waals surface area contributed by atoms with Crippen LogP contribution in [0.3, 0.4) is 0 Å². The molecule has 134 valence electrons. The Bertz CT molecular complexity index is 1110. The molecule has 0 aliphatic heterocycles. The summed E-state index contributed by atoms with van der Waals surface area (Å²) in [5.41, 5.74) is 3.23. The van der Waals surface area contributed by atoms with Crippen LogP contribution in [0.2, 0.25) is 0 Å². The number of nitrogens with zero attached hydrogens (tertiary/aromatic N) is 1. The average Bonchev–Trinajstić information content (AvgIpc) is 3.12. The van der Waals surface area contributed by atoms with Crippen molar-refractivity contribution in [1.29, 1.82) is 0 Å². The third-order valence-corrected chi connectivity index (χ3v) is 5.78. The van der Waals surface area contributed by atoms with E-state index in [2.05, 4.69) is 32.3 Å². The summed E-state index contributed by atoms with van der Waals surface area (Å²) in [5.74, 6) is 0.504. The number of benzene rings is 3. The molecule has 6 heteroatoms. The highest BCUT2D eigenvalue weighted by Crippen LogP contribution is 2.31. The van der Waals surface area contributed by atoms with Gasteiger partial charge in [-0.15, -0.1) is 11.3 Å². The monoisotopic (exact) mass is 438 g/mol. The molecule has 1 N–H and O–H groups in total. The van der Waals surface area contributed by atoms with Crippen molar-refractivity contribution >= 4 is 49.1 Å². The van der Waals surface area contributed by atoms with Crippen molar-refractivity contribution in [2.24, 2.45) is 0 Å². The third-order valence-electron chi connectivity index (χ3n) is 4.08. The molecular weight excluding hydrogens is 424 g/mol. The lowest BCUT2D eigenvalue weighted by Crippen LogP contribution is -2.11. The van der Waals surface area contributed by atoms with Crippen LogP contribution in [0.15, 0.2) is 71.2 Å². The van der Waals surface area contributed by atoms with Crippen molar-refractivity contribution in [3.8, 4) is 16.3 Å². The van der Waals surface area contributed by atoms with E-state index in [9.17, 15) is 4.79 Å². The Morgan fingerprint density at radius 1 is 1.07 bits per heavy atom. The van der Waals surface area contributed by atoms with Crippen molar-refractivity contribution in [1.82, 2.24) is 4.98 Å². The van der Waals surface area contributed by atoms with Gasteiger partial charge in [0.1, 0.15) is 10.8 Å². The van der Waals surface area contributed by atoms with Crippen LogP contribution in [0.1, 0.15) is 10.4 Å². The topological polar surface area (TPSA) is 51.2 Å². The highest BCUT2D eigenvalue weighted by molar-refractivity contribution is 9.10. The van der Waals surface area contributed by atoms with Crippen molar-refractivity contribution < 1.29 is 9.53 Å². The highest BCUT2D eigenvalue weighted by atomic mass is 79.9. The Hall–Kier alpha value is -2.70. The van der Waals surface area contributed by atoms with Gasteiger partial charge < -0.3 is 10.1 Å². The van der Waals surface area contributed by atoms with Gasteiger partial charge >= 0.3 is 0 Å². The molecule has 4 nitrogen and oxygen atoms in total. The zero-order valence-electron chi connectivity index (χ0n) is 14.4. The van der Waals surface area contributed by atoms with E-state index in [1.54, 1.807) is 36.6 Å². The largest absolute Gasteiger partial charge is 0.496 e. The maximum atomic E-state index is 12.6. The molecule has 1 heterocycles. The number of anilines is 1. The lowest BCUT2D eigenvalue weighted by molar-refractivity contribution is 0.102. The lowest BCUT2D eigenvalue weighted by Gasteiger charge is -2.08. The smallest absolute Gasteiger partial charge is 0.255 e. The first kappa shape index (κ1) is 17.7. The van der Waals surface area contributed by atoms with E-state index < -0.39 is 0 Å². The molecular formula is C21H15BrN2O2S. The fraction of sp³-hybridized carbons (Fsp3) is 0.0476. The molecule has 0 aliphatic carbocycles. The van der Waals surface area contributed by atoms with Gasteiger partial charge in [-0.25, -0.2) is 4.98 Å². The number of para-hydroxylation sites is 1. The standard InChI is InChI=1S/C21H15BrN2O2S/c1-26-18-10-9-13(12-16(18)22)20(25)23-15-6-4-5-14(11-15)21-24-17-7-2-3-8-19(17)27-21/h2-12H,1H3,(H,23,25). The summed E-state index contributed by atoms with van der Waals surface area (Å²) in [6.45, 7) is 0. The number of amides is 1. The van der Waals surface area contributed by atoms with Crippen LogP contribution in [-0.2, 0) is 0 Å². The number of thiazole rings is 1. The Kier molecular flexibility index (Phi) is 4.92. The van der Waals surface area contributed by atoms with Gasteiger partial charge in [-0.1, -0.05) is 24.3 Å². The molecule has 4 rings (SSSR count). The minimum absolute atomic E-state index is 0.181. The number of aromatic nitrogens is 1. The van der Waals surface area contributed by atoms with Crippen LogP contribution >= 0.6 is 27.3 Å². The molecule has 0 unspecified atom stereocenters. The Morgan fingerprint density at radius 3 is 2.70 bits per heavy atom. The zero-order chi connectivity index (χ0) is 18.8. The summed E-state index contributed by atoms with van der Waals surface area (Å²) in [5, 5.41) is 3.87.